The number of anilines is 3. The minimum absolute atomic E-state index is 0.812. The molecule has 13 rings (SSSR count). The van der Waals surface area contributed by atoms with Crippen LogP contribution >= 0.6 is 0 Å². The van der Waals surface area contributed by atoms with Gasteiger partial charge < -0.3 is 18.3 Å². The molecule has 0 N–H and O–H groups in total. The number of furan rings is 2. The quantitative estimate of drug-likeness (QED) is 0.161. The molecule has 0 aliphatic heterocycles. The smallest absolute Gasteiger partial charge is 0.159 e. The molecule has 0 bridgehead atoms. The minimum Gasteiger partial charge on any atom is -0.455 e. The zero-order valence-corrected chi connectivity index (χ0v) is 34.7. The van der Waals surface area contributed by atoms with Crippen LogP contribution in [-0.2, 0) is 0 Å². The maximum Gasteiger partial charge on any atom is 0.159 e. The zero-order chi connectivity index (χ0) is 42.1. The van der Waals surface area contributed by atoms with Crippen LogP contribution in [0.4, 0.5) is 17.1 Å². The van der Waals surface area contributed by atoms with Crippen LogP contribution in [0.25, 0.3) is 105 Å². The summed E-state index contributed by atoms with van der Waals surface area (Å²) in [7, 11) is 0. The van der Waals surface area contributed by atoms with Crippen LogP contribution in [-0.4, -0.2) is 4.57 Å². The monoisotopic (exact) mass is 818 g/mol. The summed E-state index contributed by atoms with van der Waals surface area (Å²) >= 11 is 0. The third-order valence-electron chi connectivity index (χ3n) is 12.8. The molecule has 3 heterocycles. The molecule has 4 nitrogen and oxygen atoms in total. The summed E-state index contributed by atoms with van der Waals surface area (Å²) < 4.78 is 16.6. The van der Waals surface area contributed by atoms with Crippen molar-refractivity contribution in [2.24, 2.45) is 0 Å². The van der Waals surface area contributed by atoms with E-state index in [1.54, 1.807) is 0 Å². The Morgan fingerprint density at radius 2 is 0.891 bits per heavy atom. The number of aromatic nitrogens is 1. The lowest BCUT2D eigenvalue weighted by atomic mass is 9.98. The first kappa shape index (κ1) is 36.1. The predicted octanol–water partition coefficient (Wildman–Crippen LogP) is 17.1. The average molecular weight is 819 g/mol. The summed E-state index contributed by atoms with van der Waals surface area (Å²) in [5, 5.41) is 6.67. The van der Waals surface area contributed by atoms with Gasteiger partial charge in [-0.15, -0.1) is 0 Å². The second-order valence-corrected chi connectivity index (χ2v) is 16.4. The van der Waals surface area contributed by atoms with Gasteiger partial charge in [-0.05, 0) is 89.0 Å². The van der Waals surface area contributed by atoms with E-state index in [0.717, 1.165) is 100 Å². The van der Waals surface area contributed by atoms with Gasteiger partial charge in [0.25, 0.3) is 0 Å². The van der Waals surface area contributed by atoms with E-state index in [0.29, 0.717) is 0 Å². The summed E-state index contributed by atoms with van der Waals surface area (Å²) in [6.07, 6.45) is 0. The molecule has 0 atom stereocenters. The van der Waals surface area contributed by atoms with Crippen LogP contribution in [0.3, 0.4) is 0 Å². The fourth-order valence-electron chi connectivity index (χ4n) is 9.89. The predicted molar refractivity (Wildman–Crippen MR) is 266 cm³/mol. The number of benzene rings is 10. The maximum absolute atomic E-state index is 7.14. The van der Waals surface area contributed by atoms with Gasteiger partial charge in [-0.1, -0.05) is 164 Å². The fourth-order valence-corrected chi connectivity index (χ4v) is 9.89. The van der Waals surface area contributed by atoms with Crippen LogP contribution in [0.5, 0.6) is 0 Å². The van der Waals surface area contributed by atoms with Gasteiger partial charge in [-0.3, -0.25) is 0 Å². The number of para-hydroxylation sites is 4. The van der Waals surface area contributed by atoms with Crippen molar-refractivity contribution in [3.8, 4) is 39.1 Å². The van der Waals surface area contributed by atoms with Crippen molar-refractivity contribution < 1.29 is 8.83 Å². The number of hydrogen-bond acceptors (Lipinski definition) is 3. The van der Waals surface area contributed by atoms with Crippen molar-refractivity contribution in [1.29, 1.82) is 0 Å². The standard InChI is InChI=1S/C60H38N2O2/c1-4-16-39(17-5-1)42-30-35-51-56(38-42)63-60-46(41-20-8-3-9-21-41)36-37-54(57(51)60)62(44-33-31-43(32-34-44)61-52-27-12-10-22-47(52)48-23-11-13-28-53(48)61)55-29-15-26-50-49-25-14-24-45(58(49)64-59(50)55)40-18-6-2-7-19-40/h1-38H. The highest BCUT2D eigenvalue weighted by Crippen LogP contribution is 2.50. The normalized spacial score (nSPS) is 11.8. The second kappa shape index (κ2) is 14.5. The van der Waals surface area contributed by atoms with Crippen molar-refractivity contribution in [3.63, 3.8) is 0 Å². The van der Waals surface area contributed by atoms with E-state index in [1.165, 1.54) is 21.8 Å². The SMILES string of the molecule is c1ccc(-c2ccc3c(c2)oc2c(-c4ccccc4)ccc(N(c4ccc(-n5c6ccccc6c6ccccc65)cc4)c4cccc5c4oc4c(-c6ccccc6)cccc45)c23)cc1. The van der Waals surface area contributed by atoms with Gasteiger partial charge in [-0.25, -0.2) is 0 Å². The number of rotatable bonds is 7. The minimum atomic E-state index is 0.812. The first-order valence-corrected chi connectivity index (χ1v) is 21.8. The van der Waals surface area contributed by atoms with Crippen molar-refractivity contribution in [2.45, 2.75) is 0 Å². The van der Waals surface area contributed by atoms with Crippen LogP contribution in [0.1, 0.15) is 0 Å². The molecule has 64 heavy (non-hydrogen) atoms. The summed E-state index contributed by atoms with van der Waals surface area (Å²) in [6, 6.07) is 81.8. The summed E-state index contributed by atoms with van der Waals surface area (Å²) in [5.74, 6) is 0. The Hall–Kier alpha value is -8.60. The second-order valence-electron chi connectivity index (χ2n) is 16.4. The Kier molecular flexibility index (Phi) is 8.18. The molecule has 0 unspecified atom stereocenters. The lowest BCUT2D eigenvalue weighted by Gasteiger charge is -2.27. The van der Waals surface area contributed by atoms with Gasteiger partial charge >= 0.3 is 0 Å². The lowest BCUT2D eigenvalue weighted by molar-refractivity contribution is 0.669. The van der Waals surface area contributed by atoms with Gasteiger partial charge in [0.15, 0.2) is 5.58 Å². The molecular formula is C60H38N2O2. The average Bonchev–Trinajstić information content (AvgIpc) is 4.06. The summed E-state index contributed by atoms with van der Waals surface area (Å²) in [5.41, 5.74) is 16.2. The third kappa shape index (κ3) is 5.63. The van der Waals surface area contributed by atoms with E-state index < -0.39 is 0 Å². The first-order valence-electron chi connectivity index (χ1n) is 21.8. The van der Waals surface area contributed by atoms with Gasteiger partial charge in [0.05, 0.1) is 27.8 Å². The first-order chi connectivity index (χ1) is 31.8. The van der Waals surface area contributed by atoms with Crippen LogP contribution in [0.15, 0.2) is 239 Å². The van der Waals surface area contributed by atoms with Crippen molar-refractivity contribution in [3.05, 3.63) is 231 Å². The molecule has 0 saturated carbocycles. The Morgan fingerprint density at radius 3 is 1.56 bits per heavy atom. The Bertz CT molecular complexity index is 3830. The Labute approximate surface area is 369 Å². The topological polar surface area (TPSA) is 34.5 Å². The highest BCUT2D eigenvalue weighted by molar-refractivity contribution is 6.20. The van der Waals surface area contributed by atoms with Gasteiger partial charge in [0.1, 0.15) is 16.7 Å². The van der Waals surface area contributed by atoms with Crippen molar-refractivity contribution in [2.75, 3.05) is 4.90 Å². The molecule has 0 aliphatic carbocycles. The molecule has 300 valence electrons. The van der Waals surface area contributed by atoms with E-state index in [-0.39, 0.29) is 0 Å². The Morgan fingerprint density at radius 1 is 0.328 bits per heavy atom. The van der Waals surface area contributed by atoms with Crippen molar-refractivity contribution >= 4 is 82.7 Å². The molecule has 3 aromatic heterocycles. The molecular weight excluding hydrogens is 781 g/mol. The lowest BCUT2D eigenvalue weighted by Crippen LogP contribution is -2.11. The molecule has 0 aliphatic rings. The molecule has 10 aromatic carbocycles. The number of nitrogens with zero attached hydrogens (tertiary/aromatic N) is 2. The van der Waals surface area contributed by atoms with Gasteiger partial charge in [0.2, 0.25) is 0 Å². The molecule has 0 fully saturated rings. The Balaban J connectivity index is 1.08. The highest BCUT2D eigenvalue weighted by atomic mass is 16.3. The highest BCUT2D eigenvalue weighted by Gasteiger charge is 2.26. The molecule has 0 spiro atoms. The molecule has 0 saturated heterocycles. The molecule has 0 amide bonds. The van der Waals surface area contributed by atoms with Crippen LogP contribution in [0.2, 0.25) is 0 Å². The van der Waals surface area contributed by atoms with Crippen LogP contribution in [0, 0.1) is 0 Å². The van der Waals surface area contributed by atoms with E-state index in [1.807, 2.05) is 0 Å². The van der Waals surface area contributed by atoms with Gasteiger partial charge in [-0.2, -0.15) is 0 Å². The molecule has 4 heteroatoms. The number of hydrogen-bond donors (Lipinski definition) is 0. The summed E-state index contributed by atoms with van der Waals surface area (Å²) in [6.45, 7) is 0. The number of fused-ring (bicyclic) bond motifs is 9. The fraction of sp³-hybridized carbons (Fsp3) is 0. The zero-order valence-electron chi connectivity index (χ0n) is 34.7. The molecule has 13 aromatic rings. The maximum atomic E-state index is 7.14. The van der Waals surface area contributed by atoms with Crippen molar-refractivity contribution in [1.82, 2.24) is 4.57 Å². The van der Waals surface area contributed by atoms with E-state index in [9.17, 15) is 0 Å². The third-order valence-corrected chi connectivity index (χ3v) is 12.8. The summed E-state index contributed by atoms with van der Waals surface area (Å²) in [4.78, 5) is 2.36. The van der Waals surface area contributed by atoms with E-state index in [4.69, 9.17) is 8.83 Å². The van der Waals surface area contributed by atoms with Crippen LogP contribution < -0.4 is 4.90 Å². The van der Waals surface area contributed by atoms with E-state index in [2.05, 4.69) is 240 Å². The molecule has 0 radical (unpaired) electrons. The van der Waals surface area contributed by atoms with E-state index >= 15 is 0 Å². The largest absolute Gasteiger partial charge is 0.455 e. The van der Waals surface area contributed by atoms with Gasteiger partial charge in [0, 0.05) is 49.4 Å².